The molecule has 1 N–H and O–H groups in total. The highest BCUT2D eigenvalue weighted by Crippen LogP contribution is 2.26. The lowest BCUT2D eigenvalue weighted by molar-refractivity contribution is -0.147. The van der Waals surface area contributed by atoms with Gasteiger partial charge in [-0.25, -0.2) is 4.79 Å². The number of nitrogens with one attached hydrogen (secondary N) is 1. The van der Waals surface area contributed by atoms with Crippen LogP contribution in [0, 0.1) is 0 Å². The number of rotatable bonds is 5. The third-order valence-electron chi connectivity index (χ3n) is 3.62. The fourth-order valence-corrected chi connectivity index (χ4v) is 2.87. The number of hydrogen-bond acceptors (Lipinski definition) is 4. The molecule has 0 aromatic heterocycles. The Morgan fingerprint density at radius 1 is 1.17 bits per heavy atom. The van der Waals surface area contributed by atoms with Crippen LogP contribution in [0.15, 0.2) is 46.9 Å². The summed E-state index contributed by atoms with van der Waals surface area (Å²) >= 11 is 3.37. The second kappa shape index (κ2) is 7.49. The second-order valence-corrected chi connectivity index (χ2v) is 6.36. The van der Waals surface area contributed by atoms with Gasteiger partial charge in [-0.05, 0) is 47.9 Å². The maximum Gasteiger partial charge on any atom is 0.344 e. The molecule has 0 unspecified atom stereocenters. The van der Waals surface area contributed by atoms with Crippen LogP contribution in [-0.4, -0.2) is 18.5 Å². The number of fused-ring (bicyclic) bond motifs is 1. The van der Waals surface area contributed by atoms with Crippen LogP contribution < -0.4 is 10.1 Å². The Morgan fingerprint density at radius 2 is 2.04 bits per heavy atom. The predicted molar refractivity (Wildman–Crippen MR) is 92.8 cm³/mol. The lowest BCUT2D eigenvalue weighted by Gasteiger charge is -2.17. The lowest BCUT2D eigenvalue weighted by atomic mass is 10.0. The summed E-state index contributed by atoms with van der Waals surface area (Å²) in [6, 6.07) is 12.9. The summed E-state index contributed by atoms with van der Waals surface area (Å²) in [7, 11) is 0. The van der Waals surface area contributed by atoms with Gasteiger partial charge in [-0.2, -0.15) is 0 Å². The molecule has 0 spiro atoms. The first-order valence-corrected chi connectivity index (χ1v) is 8.35. The normalized spacial score (nSPS) is 13.0. The molecule has 6 heteroatoms. The van der Waals surface area contributed by atoms with Gasteiger partial charge in [0.25, 0.3) is 0 Å². The van der Waals surface area contributed by atoms with E-state index in [9.17, 15) is 9.59 Å². The van der Waals surface area contributed by atoms with Crippen LogP contribution in [0.25, 0.3) is 0 Å². The van der Waals surface area contributed by atoms with Crippen LogP contribution in [0.5, 0.6) is 5.75 Å². The zero-order valence-electron chi connectivity index (χ0n) is 12.9. The van der Waals surface area contributed by atoms with E-state index in [4.69, 9.17) is 9.47 Å². The molecule has 0 saturated carbocycles. The van der Waals surface area contributed by atoms with E-state index in [1.807, 2.05) is 30.3 Å². The highest BCUT2D eigenvalue weighted by atomic mass is 79.9. The predicted octanol–water partition coefficient (Wildman–Crippen LogP) is 3.46. The fourth-order valence-electron chi connectivity index (χ4n) is 2.42. The van der Waals surface area contributed by atoms with Gasteiger partial charge in [-0.15, -0.1) is 0 Å². The number of esters is 1. The molecular weight excluding hydrogens is 374 g/mol. The standard InChI is InChI=1S/C18H16BrNO4/c19-14-3-1-2-12(8-14)10-24-18(22)11-23-15-5-6-16-13(9-15)4-7-17(21)20-16/h1-3,5-6,8-9H,4,7,10-11H2,(H,20,21). The molecule has 0 radical (unpaired) electrons. The Morgan fingerprint density at radius 3 is 2.88 bits per heavy atom. The molecule has 5 nitrogen and oxygen atoms in total. The van der Waals surface area contributed by atoms with Crippen molar-refractivity contribution in [3.05, 3.63) is 58.1 Å². The Bertz CT molecular complexity index is 775. The molecule has 124 valence electrons. The van der Waals surface area contributed by atoms with Crippen LogP contribution in [0.4, 0.5) is 5.69 Å². The van der Waals surface area contributed by atoms with Gasteiger partial charge in [0.1, 0.15) is 12.4 Å². The molecule has 2 aromatic rings. The number of amides is 1. The maximum absolute atomic E-state index is 11.8. The first-order chi connectivity index (χ1) is 11.6. The topological polar surface area (TPSA) is 64.6 Å². The number of aryl methyl sites for hydroxylation is 1. The van der Waals surface area contributed by atoms with Gasteiger partial charge in [0.2, 0.25) is 5.91 Å². The summed E-state index contributed by atoms with van der Waals surface area (Å²) in [5, 5.41) is 2.81. The van der Waals surface area contributed by atoms with Crippen LogP contribution in [-0.2, 0) is 27.4 Å². The molecule has 0 fully saturated rings. The Hall–Kier alpha value is -2.34. The van der Waals surface area contributed by atoms with E-state index in [0.717, 1.165) is 21.3 Å². The Balaban J connectivity index is 1.50. The SMILES string of the molecule is O=C1CCc2cc(OCC(=O)OCc3cccc(Br)c3)ccc2N1. The quantitative estimate of drug-likeness (QED) is 0.795. The van der Waals surface area contributed by atoms with Gasteiger partial charge in [0, 0.05) is 16.6 Å². The van der Waals surface area contributed by atoms with E-state index in [1.54, 1.807) is 12.1 Å². The number of anilines is 1. The molecule has 0 bridgehead atoms. The second-order valence-electron chi connectivity index (χ2n) is 5.45. The highest BCUT2D eigenvalue weighted by molar-refractivity contribution is 9.10. The van der Waals surface area contributed by atoms with Gasteiger partial charge in [-0.1, -0.05) is 28.1 Å². The molecule has 1 amide bonds. The molecular formula is C18H16BrNO4. The average molecular weight is 390 g/mol. The summed E-state index contributed by atoms with van der Waals surface area (Å²) in [4.78, 5) is 23.1. The smallest absolute Gasteiger partial charge is 0.344 e. The Labute approximate surface area is 148 Å². The molecule has 1 aliphatic rings. The van der Waals surface area contributed by atoms with Crippen molar-refractivity contribution in [2.45, 2.75) is 19.4 Å². The maximum atomic E-state index is 11.8. The van der Waals surface area contributed by atoms with Gasteiger partial charge in [-0.3, -0.25) is 4.79 Å². The van der Waals surface area contributed by atoms with Crippen molar-refractivity contribution in [3.63, 3.8) is 0 Å². The van der Waals surface area contributed by atoms with Crippen molar-refractivity contribution in [2.24, 2.45) is 0 Å². The van der Waals surface area contributed by atoms with E-state index >= 15 is 0 Å². The number of ether oxygens (including phenoxy) is 2. The first kappa shape index (κ1) is 16.5. The largest absolute Gasteiger partial charge is 0.482 e. The van der Waals surface area contributed by atoms with Crippen LogP contribution in [0.1, 0.15) is 17.5 Å². The average Bonchev–Trinajstić information content (AvgIpc) is 2.58. The van der Waals surface area contributed by atoms with Gasteiger partial charge in [0.15, 0.2) is 6.61 Å². The van der Waals surface area contributed by atoms with E-state index in [1.165, 1.54) is 0 Å². The molecule has 1 heterocycles. The van der Waals surface area contributed by atoms with Crippen LogP contribution >= 0.6 is 15.9 Å². The third-order valence-corrected chi connectivity index (χ3v) is 4.11. The monoisotopic (exact) mass is 389 g/mol. The number of carbonyl (C=O) groups is 2. The van der Waals surface area contributed by atoms with Gasteiger partial charge in [0.05, 0.1) is 0 Å². The van der Waals surface area contributed by atoms with Crippen molar-refractivity contribution in [2.75, 3.05) is 11.9 Å². The third kappa shape index (κ3) is 4.35. The zero-order chi connectivity index (χ0) is 16.9. The molecule has 0 aliphatic carbocycles. The summed E-state index contributed by atoms with van der Waals surface area (Å²) in [6.45, 7) is 0.0526. The summed E-state index contributed by atoms with van der Waals surface area (Å²) < 4.78 is 11.6. The fraction of sp³-hybridized carbons (Fsp3) is 0.222. The van der Waals surface area contributed by atoms with Crippen molar-refractivity contribution in [1.29, 1.82) is 0 Å². The van der Waals surface area contributed by atoms with Crippen molar-refractivity contribution >= 4 is 33.5 Å². The summed E-state index contributed by atoms with van der Waals surface area (Å²) in [6.07, 6.45) is 1.14. The molecule has 3 rings (SSSR count). The van der Waals surface area contributed by atoms with E-state index < -0.39 is 5.97 Å². The number of hydrogen-bond donors (Lipinski definition) is 1. The number of benzene rings is 2. The molecule has 1 aliphatic heterocycles. The Kier molecular flexibility index (Phi) is 5.15. The minimum atomic E-state index is -0.430. The summed E-state index contributed by atoms with van der Waals surface area (Å²) in [5.74, 6) is 0.178. The zero-order valence-corrected chi connectivity index (χ0v) is 14.5. The minimum absolute atomic E-state index is 0.0206. The van der Waals surface area contributed by atoms with E-state index in [-0.39, 0.29) is 19.1 Å². The van der Waals surface area contributed by atoms with E-state index in [2.05, 4.69) is 21.2 Å². The van der Waals surface area contributed by atoms with Crippen LogP contribution in [0.3, 0.4) is 0 Å². The number of halogens is 1. The minimum Gasteiger partial charge on any atom is -0.482 e. The van der Waals surface area contributed by atoms with Crippen molar-refractivity contribution in [1.82, 2.24) is 0 Å². The molecule has 0 saturated heterocycles. The van der Waals surface area contributed by atoms with Crippen molar-refractivity contribution < 1.29 is 19.1 Å². The van der Waals surface area contributed by atoms with Gasteiger partial charge < -0.3 is 14.8 Å². The summed E-state index contributed by atoms with van der Waals surface area (Å²) in [5.41, 5.74) is 2.72. The van der Waals surface area contributed by atoms with Gasteiger partial charge >= 0.3 is 5.97 Å². The first-order valence-electron chi connectivity index (χ1n) is 7.56. The van der Waals surface area contributed by atoms with Crippen LogP contribution in [0.2, 0.25) is 0 Å². The number of carbonyl (C=O) groups excluding carboxylic acids is 2. The van der Waals surface area contributed by atoms with E-state index in [0.29, 0.717) is 18.6 Å². The van der Waals surface area contributed by atoms with Crippen molar-refractivity contribution in [3.8, 4) is 5.75 Å². The lowest BCUT2D eigenvalue weighted by Crippen LogP contribution is -2.19. The highest BCUT2D eigenvalue weighted by Gasteiger charge is 2.15. The molecule has 0 atom stereocenters. The molecule has 24 heavy (non-hydrogen) atoms. The molecule has 2 aromatic carbocycles.